The van der Waals surface area contributed by atoms with Crippen LogP contribution in [0.4, 0.5) is 0 Å². The van der Waals surface area contributed by atoms with Crippen LogP contribution >= 0.6 is 0 Å². The zero-order chi connectivity index (χ0) is 13.2. The van der Waals surface area contributed by atoms with E-state index in [1.54, 1.807) is 0 Å². The average molecular weight is 250 g/mol. The van der Waals surface area contributed by atoms with Crippen molar-refractivity contribution in [1.29, 1.82) is 0 Å². The predicted molar refractivity (Wildman–Crippen MR) is 68.8 cm³/mol. The Kier molecular flexibility index (Phi) is 4.98. The Bertz CT molecular complexity index is 300. The lowest BCUT2D eigenvalue weighted by Gasteiger charge is -2.19. The molecule has 0 unspecified atom stereocenters. The van der Waals surface area contributed by atoms with Crippen molar-refractivity contribution in [2.75, 3.05) is 0 Å². The molecule has 1 rings (SSSR count). The highest BCUT2D eigenvalue weighted by atomic mass is 32.2. The Hall–Kier alpha value is -0.130. The lowest BCUT2D eigenvalue weighted by atomic mass is 10.1. The van der Waals surface area contributed by atoms with Gasteiger partial charge in [0.2, 0.25) is 10.0 Å². The molecular weight excluding hydrogens is 224 g/mol. The third-order valence-corrected chi connectivity index (χ3v) is 3.66. The van der Waals surface area contributed by atoms with Crippen LogP contribution in [-0.2, 0) is 10.0 Å². The van der Waals surface area contributed by atoms with Gasteiger partial charge in [-0.2, -0.15) is 0 Å². The van der Waals surface area contributed by atoms with Crippen molar-refractivity contribution in [3.8, 4) is 0 Å². The monoisotopic (exact) mass is 250 g/mol. The van der Waals surface area contributed by atoms with E-state index in [0.717, 1.165) is 12.8 Å². The lowest BCUT2D eigenvalue weighted by Crippen LogP contribution is -2.42. The van der Waals surface area contributed by atoms with Crippen LogP contribution in [-0.4, -0.2) is 24.7 Å². The van der Waals surface area contributed by atoms with E-state index in [4.69, 9.17) is 5.73 Å². The van der Waals surface area contributed by atoms with Crippen LogP contribution in [0.15, 0.2) is 0 Å². The van der Waals surface area contributed by atoms with E-state index < -0.39 is 10.0 Å². The molecule has 0 aromatic heterocycles. The first-order valence-electron chi connectivity index (χ1n) is 5.63. The fourth-order valence-corrected chi connectivity index (χ4v) is 2.67. The second-order valence-electron chi connectivity index (χ2n) is 6.46. The standard InChI is InChI=1S/C7H15NO2S.C4H11N/c1-7(2,3)8-11(9,10)6-4-5-6;1-4(2,3)5/h6,8H,4-5H2,1-3H3;5H2,1-3H3. The second kappa shape index (κ2) is 5.02. The summed E-state index contributed by atoms with van der Waals surface area (Å²) < 4.78 is 25.2. The highest BCUT2D eigenvalue weighted by molar-refractivity contribution is 7.90. The van der Waals surface area contributed by atoms with E-state index in [0.29, 0.717) is 0 Å². The molecule has 0 bridgehead atoms. The van der Waals surface area contributed by atoms with Crippen molar-refractivity contribution in [1.82, 2.24) is 4.72 Å². The molecule has 4 nitrogen and oxygen atoms in total. The van der Waals surface area contributed by atoms with Crippen LogP contribution in [0.3, 0.4) is 0 Å². The summed E-state index contributed by atoms with van der Waals surface area (Å²) in [6, 6.07) is 0. The molecule has 0 saturated heterocycles. The molecule has 0 amide bonds. The summed E-state index contributed by atoms with van der Waals surface area (Å²) in [5.74, 6) is 0. The molecule has 3 N–H and O–H groups in total. The highest BCUT2D eigenvalue weighted by Crippen LogP contribution is 2.28. The minimum absolute atomic E-state index is 0. The first-order chi connectivity index (χ1) is 6.81. The summed E-state index contributed by atoms with van der Waals surface area (Å²) in [6.45, 7) is 11.5. The fraction of sp³-hybridized carbons (Fsp3) is 1.00. The molecule has 16 heavy (non-hydrogen) atoms. The second-order valence-corrected chi connectivity index (χ2v) is 8.42. The minimum Gasteiger partial charge on any atom is -0.326 e. The van der Waals surface area contributed by atoms with Gasteiger partial charge in [0.05, 0.1) is 5.25 Å². The SMILES string of the molecule is CC(C)(C)N.CC(C)(C)NS(=O)(=O)C1CC1. The zero-order valence-corrected chi connectivity index (χ0v) is 12.1. The Balaban J connectivity index is 0.000000385. The van der Waals surface area contributed by atoms with Gasteiger partial charge in [0.25, 0.3) is 0 Å². The van der Waals surface area contributed by atoms with E-state index >= 15 is 0 Å². The van der Waals surface area contributed by atoms with Gasteiger partial charge in [-0.3, -0.25) is 0 Å². The molecule has 98 valence electrons. The van der Waals surface area contributed by atoms with Gasteiger partial charge in [-0.15, -0.1) is 0 Å². The minimum atomic E-state index is -2.99. The van der Waals surface area contributed by atoms with Gasteiger partial charge >= 0.3 is 0 Å². The Morgan fingerprint density at radius 3 is 1.56 bits per heavy atom. The lowest BCUT2D eigenvalue weighted by molar-refractivity contribution is 0.490. The molecule has 1 fully saturated rings. The maximum absolute atomic E-state index is 11.3. The molecule has 0 aliphatic heterocycles. The number of sulfonamides is 1. The summed E-state index contributed by atoms with van der Waals surface area (Å²) in [4.78, 5) is 0. The first-order valence-corrected chi connectivity index (χ1v) is 7.17. The van der Waals surface area contributed by atoms with E-state index in [2.05, 4.69) is 4.72 Å². The number of hydrogen-bond acceptors (Lipinski definition) is 3. The van der Waals surface area contributed by atoms with Gasteiger partial charge in [0, 0.05) is 11.1 Å². The van der Waals surface area contributed by atoms with Crippen molar-refractivity contribution in [2.24, 2.45) is 5.73 Å². The summed E-state index contributed by atoms with van der Waals surface area (Å²) in [6.07, 6.45) is 1.65. The van der Waals surface area contributed by atoms with Gasteiger partial charge in [-0.1, -0.05) is 0 Å². The third kappa shape index (κ3) is 10.4. The normalized spacial score (nSPS) is 17.7. The van der Waals surface area contributed by atoms with Crippen molar-refractivity contribution in [3.63, 3.8) is 0 Å². The van der Waals surface area contributed by atoms with Crippen LogP contribution in [0, 0.1) is 0 Å². The molecule has 0 spiro atoms. The molecule has 1 aliphatic carbocycles. The molecule has 0 heterocycles. The van der Waals surface area contributed by atoms with Gasteiger partial charge in [0.1, 0.15) is 0 Å². The summed E-state index contributed by atoms with van der Waals surface area (Å²) in [5, 5.41) is -0.110. The van der Waals surface area contributed by atoms with Crippen molar-refractivity contribution in [3.05, 3.63) is 0 Å². The first kappa shape index (κ1) is 15.9. The Morgan fingerprint density at radius 1 is 1.06 bits per heavy atom. The largest absolute Gasteiger partial charge is 0.326 e. The summed E-state index contributed by atoms with van der Waals surface area (Å²) >= 11 is 0. The number of nitrogens with one attached hydrogen (secondary N) is 1. The highest BCUT2D eigenvalue weighted by Gasteiger charge is 2.37. The van der Waals surface area contributed by atoms with Crippen molar-refractivity contribution >= 4 is 10.0 Å². The quantitative estimate of drug-likeness (QED) is 0.782. The molecule has 1 aliphatic rings. The van der Waals surface area contributed by atoms with Gasteiger partial charge in [0.15, 0.2) is 0 Å². The van der Waals surface area contributed by atoms with Crippen LogP contribution in [0.2, 0.25) is 0 Å². The maximum Gasteiger partial charge on any atom is 0.214 e. The van der Waals surface area contributed by atoms with Crippen molar-refractivity contribution in [2.45, 2.75) is 70.7 Å². The average Bonchev–Trinajstić information content (AvgIpc) is 2.52. The molecule has 0 aromatic rings. The van der Waals surface area contributed by atoms with Crippen LogP contribution in [0.1, 0.15) is 54.4 Å². The molecule has 5 heteroatoms. The number of hydrogen-bond donors (Lipinski definition) is 2. The molecule has 0 radical (unpaired) electrons. The van der Waals surface area contributed by atoms with Crippen LogP contribution < -0.4 is 10.5 Å². The third-order valence-electron chi connectivity index (χ3n) is 1.41. The van der Waals surface area contributed by atoms with E-state index in [1.165, 1.54) is 0 Å². The van der Waals surface area contributed by atoms with E-state index in [1.807, 2.05) is 41.5 Å². The van der Waals surface area contributed by atoms with E-state index in [9.17, 15) is 8.42 Å². The zero-order valence-electron chi connectivity index (χ0n) is 11.3. The fourth-order valence-electron chi connectivity index (χ4n) is 0.888. The van der Waals surface area contributed by atoms with Crippen molar-refractivity contribution < 1.29 is 8.42 Å². The summed E-state index contributed by atoms with van der Waals surface area (Å²) in [7, 11) is -2.99. The number of nitrogens with two attached hydrogens (primary N) is 1. The van der Waals surface area contributed by atoms with E-state index in [-0.39, 0.29) is 16.3 Å². The Labute approximate surface area is 100 Å². The topological polar surface area (TPSA) is 72.2 Å². The molecular formula is C11H26N2O2S. The Morgan fingerprint density at radius 2 is 1.38 bits per heavy atom. The predicted octanol–water partition coefficient (Wildman–Crippen LogP) is 1.61. The van der Waals surface area contributed by atoms with Gasteiger partial charge in [-0.05, 0) is 54.4 Å². The van der Waals surface area contributed by atoms with Gasteiger partial charge in [-0.25, -0.2) is 13.1 Å². The summed E-state index contributed by atoms with van der Waals surface area (Å²) in [5.41, 5.74) is 5.02. The smallest absolute Gasteiger partial charge is 0.214 e. The molecule has 0 atom stereocenters. The maximum atomic E-state index is 11.3. The number of rotatable bonds is 2. The van der Waals surface area contributed by atoms with Gasteiger partial charge < -0.3 is 5.73 Å². The molecule has 0 aromatic carbocycles. The van der Waals surface area contributed by atoms with Crippen LogP contribution in [0.5, 0.6) is 0 Å². The molecule has 1 saturated carbocycles. The van der Waals surface area contributed by atoms with Crippen LogP contribution in [0.25, 0.3) is 0 Å².